The molecule has 0 radical (unpaired) electrons. The number of nitrogens with zero attached hydrogens (tertiary/aromatic N) is 3. The second-order valence-electron chi connectivity index (χ2n) is 7.22. The molecule has 8 nitrogen and oxygen atoms in total. The summed E-state index contributed by atoms with van der Waals surface area (Å²) in [7, 11) is -3.76. The second-order valence-corrected chi connectivity index (χ2v) is 9.15. The number of hydrogen-bond donors (Lipinski definition) is 0. The molecule has 1 saturated heterocycles. The average Bonchev–Trinajstić information content (AvgIpc) is 3.12. The molecule has 9 heteroatoms. The van der Waals surface area contributed by atoms with Crippen molar-refractivity contribution in [3.8, 4) is 0 Å². The van der Waals surface area contributed by atoms with E-state index in [9.17, 15) is 18.0 Å². The molecule has 0 aliphatic carbocycles. The Kier molecular flexibility index (Phi) is 5.79. The molecule has 0 N–H and O–H groups in total. The molecule has 2 heterocycles. The molecule has 1 fully saturated rings. The normalized spacial score (nSPS) is 15.7. The van der Waals surface area contributed by atoms with Crippen molar-refractivity contribution in [3.63, 3.8) is 0 Å². The Hall–Kier alpha value is -3.17. The quantitative estimate of drug-likeness (QED) is 0.566. The Balaban J connectivity index is 1.45. The third-order valence-electron chi connectivity index (χ3n) is 5.36. The van der Waals surface area contributed by atoms with Crippen LogP contribution in [0.5, 0.6) is 0 Å². The number of carbonyl (C=O) groups excluding carboxylic acids is 1. The zero-order valence-electron chi connectivity index (χ0n) is 17.1. The Morgan fingerprint density at radius 2 is 1.77 bits per heavy atom. The van der Waals surface area contributed by atoms with Gasteiger partial charge in [0.05, 0.1) is 10.4 Å². The number of aromatic nitrogens is 1. The highest BCUT2D eigenvalue weighted by atomic mass is 32.2. The first kappa shape index (κ1) is 21.1. The zero-order chi connectivity index (χ0) is 22.0. The Bertz CT molecular complexity index is 1280. The van der Waals surface area contributed by atoms with Crippen LogP contribution >= 0.6 is 0 Å². The van der Waals surface area contributed by atoms with Crippen molar-refractivity contribution in [2.45, 2.75) is 18.4 Å². The van der Waals surface area contributed by atoms with E-state index in [4.69, 9.17) is 4.42 Å². The Labute approximate surface area is 180 Å². The number of fused-ring (bicyclic) bond motifs is 1. The second kappa shape index (κ2) is 8.52. The fourth-order valence-electron chi connectivity index (χ4n) is 3.64. The number of hydrogen-bond acceptors (Lipinski definition) is 5. The van der Waals surface area contributed by atoms with Crippen molar-refractivity contribution in [3.05, 3.63) is 70.7 Å². The van der Waals surface area contributed by atoms with Gasteiger partial charge in [0, 0.05) is 44.9 Å². The van der Waals surface area contributed by atoms with Crippen molar-refractivity contribution in [1.82, 2.24) is 13.8 Å². The van der Waals surface area contributed by atoms with Crippen LogP contribution in [0.2, 0.25) is 0 Å². The summed E-state index contributed by atoms with van der Waals surface area (Å²) in [5, 5.41) is 0. The minimum atomic E-state index is -3.76. The molecule has 0 unspecified atom stereocenters. The van der Waals surface area contributed by atoms with Crippen LogP contribution in [0.25, 0.3) is 17.2 Å². The van der Waals surface area contributed by atoms with Crippen molar-refractivity contribution < 1.29 is 17.6 Å². The van der Waals surface area contributed by atoms with Gasteiger partial charge < -0.3 is 9.32 Å². The van der Waals surface area contributed by atoms with Gasteiger partial charge in [0.2, 0.25) is 15.9 Å². The van der Waals surface area contributed by atoms with Crippen molar-refractivity contribution >= 4 is 33.1 Å². The molecule has 2 aromatic carbocycles. The van der Waals surface area contributed by atoms with Gasteiger partial charge in [-0.1, -0.05) is 30.3 Å². The SMILES string of the molecule is CCn1c(=O)oc2cc(S(=O)(=O)N3CCN(C(=O)/C=C/c4ccccc4)CC3)ccc21. The van der Waals surface area contributed by atoms with Gasteiger partial charge in [0.1, 0.15) is 0 Å². The Morgan fingerprint density at radius 1 is 1.06 bits per heavy atom. The van der Waals surface area contributed by atoms with Crippen molar-refractivity contribution in [1.29, 1.82) is 0 Å². The fourth-order valence-corrected chi connectivity index (χ4v) is 5.08. The van der Waals surface area contributed by atoms with Gasteiger partial charge in [-0.3, -0.25) is 9.36 Å². The maximum Gasteiger partial charge on any atom is 0.419 e. The molecule has 0 bridgehead atoms. The number of rotatable bonds is 5. The van der Waals surface area contributed by atoms with E-state index in [1.165, 1.54) is 27.1 Å². The van der Waals surface area contributed by atoms with Gasteiger partial charge in [0.25, 0.3) is 0 Å². The van der Waals surface area contributed by atoms with E-state index in [0.29, 0.717) is 25.2 Å². The molecule has 3 aromatic rings. The van der Waals surface area contributed by atoms with Crippen molar-refractivity contribution in [2.75, 3.05) is 26.2 Å². The van der Waals surface area contributed by atoms with Gasteiger partial charge >= 0.3 is 5.76 Å². The van der Waals surface area contributed by atoms with Gasteiger partial charge in [-0.05, 0) is 30.7 Å². The van der Waals surface area contributed by atoms with Crippen LogP contribution in [0.4, 0.5) is 0 Å². The lowest BCUT2D eigenvalue weighted by molar-refractivity contribution is -0.127. The van der Waals surface area contributed by atoms with E-state index in [-0.39, 0.29) is 29.5 Å². The van der Waals surface area contributed by atoms with E-state index >= 15 is 0 Å². The molecule has 162 valence electrons. The van der Waals surface area contributed by atoms with Gasteiger partial charge in [0.15, 0.2) is 5.58 Å². The molecule has 1 amide bonds. The number of amides is 1. The molecule has 4 rings (SSSR count). The van der Waals surface area contributed by atoms with Crippen LogP contribution in [0.1, 0.15) is 12.5 Å². The molecular formula is C22H23N3O5S. The molecule has 1 aliphatic rings. The predicted octanol–water partition coefficient (Wildman–Crippen LogP) is 2.16. The van der Waals surface area contributed by atoms with Crippen LogP contribution in [0.15, 0.2) is 68.7 Å². The van der Waals surface area contributed by atoms with Gasteiger partial charge in [-0.25, -0.2) is 13.2 Å². The summed E-state index contributed by atoms with van der Waals surface area (Å²) in [6.45, 7) is 3.27. The first-order valence-electron chi connectivity index (χ1n) is 10.1. The lowest BCUT2D eigenvalue weighted by atomic mass is 10.2. The largest absolute Gasteiger partial charge is 0.419 e. The third-order valence-corrected chi connectivity index (χ3v) is 7.26. The zero-order valence-corrected chi connectivity index (χ0v) is 17.9. The van der Waals surface area contributed by atoms with Gasteiger partial charge in [-0.15, -0.1) is 0 Å². The summed E-state index contributed by atoms with van der Waals surface area (Å²) in [4.78, 5) is 26.0. The number of benzene rings is 2. The molecule has 31 heavy (non-hydrogen) atoms. The van der Waals surface area contributed by atoms with E-state index in [0.717, 1.165) is 5.56 Å². The summed E-state index contributed by atoms with van der Waals surface area (Å²) >= 11 is 0. The Morgan fingerprint density at radius 3 is 2.45 bits per heavy atom. The fraction of sp³-hybridized carbons (Fsp3) is 0.273. The highest BCUT2D eigenvalue weighted by molar-refractivity contribution is 7.89. The number of aryl methyl sites for hydroxylation is 1. The van der Waals surface area contributed by atoms with E-state index in [1.807, 2.05) is 37.3 Å². The van der Waals surface area contributed by atoms with Crippen molar-refractivity contribution in [2.24, 2.45) is 0 Å². The lowest BCUT2D eigenvalue weighted by Crippen LogP contribution is -2.50. The molecule has 1 aliphatic heterocycles. The lowest BCUT2D eigenvalue weighted by Gasteiger charge is -2.33. The summed E-state index contributed by atoms with van der Waals surface area (Å²) in [6.07, 6.45) is 3.25. The molecule has 1 aromatic heterocycles. The van der Waals surface area contributed by atoms with Crippen LogP contribution < -0.4 is 5.76 Å². The number of piperazine rings is 1. The highest BCUT2D eigenvalue weighted by Gasteiger charge is 2.30. The monoisotopic (exact) mass is 441 g/mol. The van der Waals surface area contributed by atoms with Crippen LogP contribution in [-0.4, -0.2) is 54.3 Å². The van der Waals surface area contributed by atoms with E-state index in [2.05, 4.69) is 0 Å². The number of oxazole rings is 1. The third kappa shape index (κ3) is 4.19. The molecule has 0 atom stereocenters. The summed E-state index contributed by atoms with van der Waals surface area (Å²) in [5.74, 6) is -0.660. The van der Waals surface area contributed by atoms with Crippen LogP contribution in [0, 0.1) is 0 Å². The van der Waals surface area contributed by atoms with Gasteiger partial charge in [-0.2, -0.15) is 4.31 Å². The smallest absolute Gasteiger partial charge is 0.408 e. The first-order valence-corrected chi connectivity index (χ1v) is 11.5. The minimum Gasteiger partial charge on any atom is -0.408 e. The maximum atomic E-state index is 13.1. The van der Waals surface area contributed by atoms with E-state index in [1.54, 1.807) is 17.0 Å². The molecular weight excluding hydrogens is 418 g/mol. The first-order chi connectivity index (χ1) is 14.9. The molecule has 0 spiro atoms. The average molecular weight is 442 g/mol. The highest BCUT2D eigenvalue weighted by Crippen LogP contribution is 2.22. The van der Waals surface area contributed by atoms with E-state index < -0.39 is 15.8 Å². The standard InChI is InChI=1S/C22H23N3O5S/c1-2-25-19-10-9-18(16-20(19)30-22(25)27)31(28,29)24-14-12-23(13-15-24)21(26)11-8-17-6-4-3-5-7-17/h3-11,16H,2,12-15H2,1H3/b11-8+. The topological polar surface area (TPSA) is 92.8 Å². The summed E-state index contributed by atoms with van der Waals surface area (Å²) in [5.41, 5.74) is 1.73. The minimum absolute atomic E-state index is 0.0701. The summed E-state index contributed by atoms with van der Waals surface area (Å²) in [6, 6.07) is 14.0. The summed E-state index contributed by atoms with van der Waals surface area (Å²) < 4.78 is 34.1. The number of sulfonamides is 1. The number of carbonyl (C=O) groups is 1. The van der Waals surface area contributed by atoms with Crippen LogP contribution in [-0.2, 0) is 21.4 Å². The van der Waals surface area contributed by atoms with Crippen LogP contribution in [0.3, 0.4) is 0 Å². The molecule has 0 saturated carbocycles. The predicted molar refractivity (Wildman–Crippen MR) is 117 cm³/mol. The maximum absolute atomic E-state index is 13.1.